The molecule has 10 heterocycles. The Labute approximate surface area is 374 Å². The van der Waals surface area contributed by atoms with Gasteiger partial charge < -0.3 is 9.13 Å². The largest absolute Gasteiger partial charge is 0.324 e. The van der Waals surface area contributed by atoms with Crippen molar-refractivity contribution in [2.75, 3.05) is 0 Å². The lowest BCUT2D eigenvalue weighted by molar-refractivity contribution is 0.108. The maximum absolute atomic E-state index is 9.55. The van der Waals surface area contributed by atoms with Gasteiger partial charge in [-0.3, -0.25) is 9.36 Å². The van der Waals surface area contributed by atoms with Gasteiger partial charge in [-0.2, -0.15) is 41.4 Å². The van der Waals surface area contributed by atoms with Gasteiger partial charge in [-0.05, 0) is 37.8 Å². The van der Waals surface area contributed by atoms with Crippen molar-refractivity contribution in [3.8, 4) is 69.3 Å². The summed E-state index contributed by atoms with van der Waals surface area (Å²) in [7, 11) is 3.73. The lowest BCUT2D eigenvalue weighted by atomic mass is 9.67. The van der Waals surface area contributed by atoms with Crippen molar-refractivity contribution in [2.24, 2.45) is 25.9 Å². The Hall–Kier alpha value is -9.14. The molecule has 20 heteroatoms. The van der Waals surface area contributed by atoms with Gasteiger partial charge in [0.05, 0.1) is 131 Å². The van der Waals surface area contributed by atoms with Crippen molar-refractivity contribution in [1.82, 2.24) is 77.8 Å². The molecule has 10 aromatic heterocycles. The van der Waals surface area contributed by atoms with E-state index in [0.717, 1.165) is 78.1 Å². The molecule has 2 saturated carbocycles. The van der Waals surface area contributed by atoms with Gasteiger partial charge in [-0.25, -0.2) is 38.9 Å². The lowest BCUT2D eigenvalue weighted by Crippen LogP contribution is -2.45. The summed E-state index contributed by atoms with van der Waals surface area (Å²) < 4.78 is 11.2. The summed E-state index contributed by atoms with van der Waals surface area (Å²) in [6, 6.07) is 13.1. The van der Waals surface area contributed by atoms with E-state index in [1.54, 1.807) is 55.6 Å². The summed E-state index contributed by atoms with van der Waals surface area (Å²) in [6.45, 7) is 0. The Balaban J connectivity index is 0.000000146. The molecule has 20 nitrogen and oxygen atoms in total. The van der Waals surface area contributed by atoms with E-state index in [2.05, 4.69) is 73.7 Å². The quantitative estimate of drug-likeness (QED) is 0.166. The van der Waals surface area contributed by atoms with Crippen LogP contribution in [0.3, 0.4) is 0 Å². The Morgan fingerprint density at radius 1 is 0.576 bits per heavy atom. The van der Waals surface area contributed by atoms with Gasteiger partial charge in [0.15, 0.2) is 0 Å². The average Bonchev–Trinajstić information content (AvgIpc) is 4.18. The molecule has 0 unspecified atom stereocenters. The van der Waals surface area contributed by atoms with Crippen LogP contribution in [0.1, 0.15) is 38.5 Å². The zero-order chi connectivity index (χ0) is 45.2. The highest BCUT2D eigenvalue weighted by molar-refractivity contribution is 5.98. The zero-order valence-electron chi connectivity index (χ0n) is 35.6. The summed E-state index contributed by atoms with van der Waals surface area (Å²) >= 11 is 0. The van der Waals surface area contributed by atoms with Crippen molar-refractivity contribution >= 4 is 33.1 Å². The van der Waals surface area contributed by atoms with Crippen LogP contribution in [-0.4, -0.2) is 77.8 Å². The smallest absolute Gasteiger partial charge is 0.144 e. The normalized spacial score (nSPS) is 19.9. The third kappa shape index (κ3) is 6.31. The minimum absolute atomic E-state index is 0.0605. The molecule has 0 atom stereocenters. The summed E-state index contributed by atoms with van der Waals surface area (Å²) in [5.74, 6) is -0.121. The lowest BCUT2D eigenvalue weighted by Gasteiger charge is -2.45. The Bertz CT molecular complexity index is 3440. The van der Waals surface area contributed by atoms with E-state index in [4.69, 9.17) is 9.97 Å². The summed E-state index contributed by atoms with van der Waals surface area (Å²) in [6.07, 6.45) is 28.3. The van der Waals surface area contributed by atoms with Gasteiger partial charge in [-0.15, -0.1) is 0 Å². The molecule has 2 fully saturated rings. The minimum atomic E-state index is -0.461. The summed E-state index contributed by atoms with van der Waals surface area (Å²) in [5, 5.41) is 57.0. The molecule has 320 valence electrons. The number of aromatic nitrogens is 16. The van der Waals surface area contributed by atoms with Gasteiger partial charge in [-0.1, -0.05) is 0 Å². The Morgan fingerprint density at radius 2 is 1.02 bits per heavy atom. The second-order valence-corrected chi connectivity index (χ2v) is 17.0. The molecule has 12 rings (SSSR count). The fraction of sp³-hybridized carbons (Fsp3) is 0.261. The fourth-order valence-corrected chi connectivity index (χ4v) is 9.71. The van der Waals surface area contributed by atoms with Gasteiger partial charge in [0.25, 0.3) is 0 Å². The highest BCUT2D eigenvalue weighted by atomic mass is 15.3. The predicted molar refractivity (Wildman–Crippen MR) is 237 cm³/mol. The van der Waals surface area contributed by atoms with Crippen molar-refractivity contribution in [1.29, 1.82) is 21.0 Å². The van der Waals surface area contributed by atoms with Crippen LogP contribution in [0, 0.1) is 57.2 Å². The molecule has 0 aliphatic heterocycles. The molecule has 2 aliphatic carbocycles. The molecule has 2 aliphatic rings. The molecule has 0 radical (unpaired) electrons. The van der Waals surface area contributed by atoms with Gasteiger partial charge in [0, 0.05) is 84.3 Å². The third-order valence-corrected chi connectivity index (χ3v) is 12.9. The van der Waals surface area contributed by atoms with Crippen molar-refractivity contribution < 1.29 is 0 Å². The predicted octanol–water partition coefficient (Wildman–Crippen LogP) is 6.17. The first-order chi connectivity index (χ1) is 32.2. The number of fused-ring (bicyclic) bond motifs is 4. The second kappa shape index (κ2) is 15.3. The zero-order valence-corrected chi connectivity index (χ0v) is 35.6. The molecule has 0 bridgehead atoms. The first kappa shape index (κ1) is 39.7. The molecular weight excluding hydrogens is 833 g/mol. The third-order valence-electron chi connectivity index (χ3n) is 12.9. The van der Waals surface area contributed by atoms with Gasteiger partial charge >= 0.3 is 0 Å². The highest BCUT2D eigenvalue weighted by Gasteiger charge is 2.48. The number of hydrogen-bond acceptors (Lipinski definition) is 14. The summed E-state index contributed by atoms with van der Waals surface area (Å²) in [5.41, 5.74) is 8.71. The Morgan fingerprint density at radius 3 is 1.39 bits per heavy atom. The van der Waals surface area contributed by atoms with Crippen LogP contribution in [0.2, 0.25) is 0 Å². The van der Waals surface area contributed by atoms with Crippen molar-refractivity contribution in [3.05, 3.63) is 99.1 Å². The molecule has 0 N–H and O–H groups in total. The molecule has 10 aromatic rings. The van der Waals surface area contributed by atoms with E-state index in [9.17, 15) is 21.0 Å². The average molecular weight is 869 g/mol. The molecule has 0 amide bonds. The fourth-order valence-electron chi connectivity index (χ4n) is 9.71. The summed E-state index contributed by atoms with van der Waals surface area (Å²) in [4.78, 5) is 27.6. The van der Waals surface area contributed by atoms with Crippen LogP contribution in [0.4, 0.5) is 0 Å². The highest BCUT2D eigenvalue weighted by Crippen LogP contribution is 2.50. The standard InChI is InChI=1S/2C23H18N10/c2*1-31-11-16(9-29-31)19-13-33-20(2-5-28-33)21(30-19)18-12-32(22-17(18)10-26-14-27-22)23(3-4-24)6-15(7-23)8-25/h2*2,5,9-15H,3,6-7H2,1H3. The number of hydrogen-bond donors (Lipinski definition) is 0. The van der Waals surface area contributed by atoms with Crippen LogP contribution < -0.4 is 0 Å². The van der Waals surface area contributed by atoms with Gasteiger partial charge in [0.2, 0.25) is 0 Å². The van der Waals surface area contributed by atoms with E-state index >= 15 is 0 Å². The monoisotopic (exact) mass is 868 g/mol. The maximum atomic E-state index is 9.55. The minimum Gasteiger partial charge on any atom is -0.324 e. The van der Waals surface area contributed by atoms with E-state index in [-0.39, 0.29) is 11.8 Å². The van der Waals surface area contributed by atoms with E-state index in [1.807, 2.05) is 63.4 Å². The molecular formula is C46H36N20. The van der Waals surface area contributed by atoms with Crippen LogP contribution in [0.25, 0.3) is 78.1 Å². The molecule has 0 aromatic carbocycles. The Kier molecular flexibility index (Phi) is 9.19. The number of nitrogens with zero attached hydrogens (tertiary/aromatic N) is 20. The topological polar surface area (TPSA) is 253 Å². The number of rotatable bonds is 8. The maximum Gasteiger partial charge on any atom is 0.144 e. The molecule has 0 saturated heterocycles. The van der Waals surface area contributed by atoms with Gasteiger partial charge in [0.1, 0.15) is 23.9 Å². The molecule has 0 spiro atoms. The van der Waals surface area contributed by atoms with Crippen LogP contribution >= 0.6 is 0 Å². The first-order valence-electron chi connectivity index (χ1n) is 21.1. The van der Waals surface area contributed by atoms with E-state index in [1.165, 1.54) is 12.7 Å². The van der Waals surface area contributed by atoms with Crippen molar-refractivity contribution in [2.45, 2.75) is 49.6 Å². The number of nitriles is 4. The molecule has 66 heavy (non-hydrogen) atoms. The van der Waals surface area contributed by atoms with E-state index in [0.29, 0.717) is 38.5 Å². The van der Waals surface area contributed by atoms with Crippen LogP contribution in [0.5, 0.6) is 0 Å². The van der Waals surface area contributed by atoms with Crippen molar-refractivity contribution in [3.63, 3.8) is 0 Å². The first-order valence-corrected chi connectivity index (χ1v) is 21.1. The SMILES string of the molecule is Cn1cc(-c2cn3nccc3c(-c3cn(C4(CC#N)CC(C#N)C4)c4ncncc34)n2)cn1.Cn1cc(-c2cn3nccc3c(-c3cn(C4(CC#N)CC(C#N)C4)c4ncncc34)n2)cn1. The van der Waals surface area contributed by atoms with E-state index < -0.39 is 11.1 Å². The van der Waals surface area contributed by atoms with Crippen LogP contribution in [0.15, 0.2) is 99.1 Å². The number of aryl methyl sites for hydroxylation is 2. The van der Waals surface area contributed by atoms with Crippen LogP contribution in [-0.2, 0) is 25.2 Å². The second-order valence-electron chi connectivity index (χ2n) is 17.0.